The normalized spacial score (nSPS) is 10.1. The molecule has 0 radical (unpaired) electrons. The van der Waals surface area contributed by atoms with E-state index >= 15 is 0 Å². The number of Topliss-reactive ketones (excluding diaryl/α,β-unsaturated/α-hetero) is 1. The lowest BCUT2D eigenvalue weighted by Gasteiger charge is -2.09. The number of benzene rings is 2. The Morgan fingerprint density at radius 1 is 1.14 bits per heavy atom. The molecule has 0 saturated carbocycles. The quantitative estimate of drug-likeness (QED) is 0.819. The number of ether oxygens (including phenoxy) is 1. The molecule has 0 bridgehead atoms. The minimum atomic E-state index is -0.254. The maximum Gasteiger partial charge on any atom is 0.262 e. The zero-order valence-electron chi connectivity index (χ0n) is 12.4. The first-order chi connectivity index (χ1) is 10.5. The predicted octanol–water partition coefficient (Wildman–Crippen LogP) is 3.98. The number of amides is 1. The number of ketones is 1. The van der Waals surface area contributed by atoms with Crippen LogP contribution in [0.3, 0.4) is 0 Å². The smallest absolute Gasteiger partial charge is 0.262 e. The topological polar surface area (TPSA) is 55.4 Å². The first kappa shape index (κ1) is 16.2. The van der Waals surface area contributed by atoms with Crippen molar-refractivity contribution in [3.8, 4) is 5.75 Å². The van der Waals surface area contributed by atoms with Gasteiger partial charge in [0, 0.05) is 15.7 Å². The molecule has 2 aromatic carbocycles. The zero-order chi connectivity index (χ0) is 16.1. The number of hydrogen-bond donors (Lipinski definition) is 1. The van der Waals surface area contributed by atoms with Crippen LogP contribution in [0.4, 0.5) is 5.69 Å². The van der Waals surface area contributed by atoms with Crippen LogP contribution in [-0.2, 0) is 4.79 Å². The van der Waals surface area contributed by atoms with Crippen LogP contribution in [0.5, 0.6) is 5.75 Å². The molecular formula is C17H16BrNO3. The average Bonchev–Trinajstić information content (AvgIpc) is 2.49. The lowest BCUT2D eigenvalue weighted by Crippen LogP contribution is -2.20. The minimum absolute atomic E-state index is 0.00758. The van der Waals surface area contributed by atoms with Gasteiger partial charge in [0.15, 0.2) is 12.4 Å². The van der Waals surface area contributed by atoms with E-state index in [2.05, 4.69) is 21.2 Å². The molecule has 4 nitrogen and oxygen atoms in total. The van der Waals surface area contributed by atoms with Gasteiger partial charge in [0.05, 0.1) is 0 Å². The van der Waals surface area contributed by atoms with Crippen molar-refractivity contribution in [3.63, 3.8) is 0 Å². The Balaban J connectivity index is 1.89. The van der Waals surface area contributed by atoms with Gasteiger partial charge in [-0.3, -0.25) is 9.59 Å². The Morgan fingerprint density at radius 2 is 1.82 bits per heavy atom. The summed E-state index contributed by atoms with van der Waals surface area (Å²) in [4.78, 5) is 23.0. The predicted molar refractivity (Wildman–Crippen MR) is 89.5 cm³/mol. The summed E-state index contributed by atoms with van der Waals surface area (Å²) < 4.78 is 6.45. The van der Waals surface area contributed by atoms with Crippen LogP contribution < -0.4 is 10.1 Å². The van der Waals surface area contributed by atoms with Crippen molar-refractivity contribution in [2.24, 2.45) is 0 Å². The van der Waals surface area contributed by atoms with Crippen molar-refractivity contribution in [3.05, 3.63) is 58.1 Å². The fourth-order valence-electron chi connectivity index (χ4n) is 1.84. The standard InChI is InChI=1S/C17H16BrNO3/c1-11-9-15(7-8-16(11)18)22-10-17(21)19-14-5-3-13(4-6-14)12(2)20/h3-9H,10H2,1-2H3,(H,19,21). The van der Waals surface area contributed by atoms with Crippen molar-refractivity contribution in [2.75, 3.05) is 11.9 Å². The molecule has 114 valence electrons. The van der Waals surface area contributed by atoms with Crippen LogP contribution in [0.1, 0.15) is 22.8 Å². The molecule has 1 N–H and O–H groups in total. The van der Waals surface area contributed by atoms with Crippen LogP contribution in [-0.4, -0.2) is 18.3 Å². The summed E-state index contributed by atoms with van der Waals surface area (Å²) in [5.74, 6) is 0.380. The monoisotopic (exact) mass is 361 g/mol. The third kappa shape index (κ3) is 4.43. The van der Waals surface area contributed by atoms with E-state index in [-0.39, 0.29) is 18.3 Å². The van der Waals surface area contributed by atoms with Gasteiger partial charge in [-0.25, -0.2) is 0 Å². The fourth-order valence-corrected chi connectivity index (χ4v) is 2.09. The molecule has 22 heavy (non-hydrogen) atoms. The number of aryl methyl sites for hydroxylation is 1. The van der Waals surface area contributed by atoms with Crippen molar-refractivity contribution in [1.82, 2.24) is 0 Å². The van der Waals surface area contributed by atoms with Crippen molar-refractivity contribution in [2.45, 2.75) is 13.8 Å². The Morgan fingerprint density at radius 3 is 2.41 bits per heavy atom. The summed E-state index contributed by atoms with van der Waals surface area (Å²) in [5, 5.41) is 2.72. The second kappa shape index (κ2) is 7.22. The van der Waals surface area contributed by atoms with E-state index in [1.54, 1.807) is 30.3 Å². The van der Waals surface area contributed by atoms with Crippen molar-refractivity contribution < 1.29 is 14.3 Å². The second-order valence-electron chi connectivity index (χ2n) is 4.88. The van der Waals surface area contributed by atoms with E-state index in [0.29, 0.717) is 17.0 Å². The van der Waals surface area contributed by atoms with Gasteiger partial charge in [0.25, 0.3) is 5.91 Å². The van der Waals surface area contributed by atoms with Crippen LogP contribution in [0, 0.1) is 6.92 Å². The molecule has 0 spiro atoms. The van der Waals surface area contributed by atoms with E-state index in [0.717, 1.165) is 10.0 Å². The highest BCUT2D eigenvalue weighted by molar-refractivity contribution is 9.10. The van der Waals surface area contributed by atoms with Gasteiger partial charge in [-0.05, 0) is 61.9 Å². The van der Waals surface area contributed by atoms with Crippen LogP contribution in [0.15, 0.2) is 46.9 Å². The van der Waals surface area contributed by atoms with Gasteiger partial charge in [-0.15, -0.1) is 0 Å². The Hall–Kier alpha value is -2.14. The summed E-state index contributed by atoms with van der Waals surface area (Å²) in [6.07, 6.45) is 0. The molecule has 0 unspecified atom stereocenters. The molecule has 0 heterocycles. The first-order valence-corrected chi connectivity index (χ1v) is 7.55. The SMILES string of the molecule is CC(=O)c1ccc(NC(=O)COc2ccc(Br)c(C)c2)cc1. The van der Waals surface area contributed by atoms with Gasteiger partial charge in [-0.2, -0.15) is 0 Å². The molecule has 5 heteroatoms. The summed E-state index contributed by atoms with van der Waals surface area (Å²) >= 11 is 3.41. The third-order valence-electron chi connectivity index (χ3n) is 3.07. The summed E-state index contributed by atoms with van der Waals surface area (Å²) in [6.45, 7) is 3.38. The Kier molecular flexibility index (Phi) is 5.33. The lowest BCUT2D eigenvalue weighted by atomic mass is 10.1. The number of nitrogens with one attached hydrogen (secondary N) is 1. The largest absolute Gasteiger partial charge is 0.484 e. The van der Waals surface area contributed by atoms with E-state index in [4.69, 9.17) is 4.74 Å². The average molecular weight is 362 g/mol. The first-order valence-electron chi connectivity index (χ1n) is 6.75. The molecule has 0 atom stereocenters. The maximum atomic E-state index is 11.8. The van der Waals surface area contributed by atoms with Crippen LogP contribution in [0.2, 0.25) is 0 Å². The van der Waals surface area contributed by atoms with Crippen molar-refractivity contribution >= 4 is 33.3 Å². The zero-order valence-corrected chi connectivity index (χ0v) is 13.9. The van der Waals surface area contributed by atoms with E-state index in [1.807, 2.05) is 19.1 Å². The summed E-state index contributed by atoms with van der Waals surface area (Å²) in [6, 6.07) is 12.3. The molecule has 2 aromatic rings. The highest BCUT2D eigenvalue weighted by Crippen LogP contribution is 2.21. The second-order valence-corrected chi connectivity index (χ2v) is 5.74. The minimum Gasteiger partial charge on any atom is -0.484 e. The van der Waals surface area contributed by atoms with E-state index < -0.39 is 0 Å². The van der Waals surface area contributed by atoms with Gasteiger partial charge >= 0.3 is 0 Å². The maximum absolute atomic E-state index is 11.8. The molecule has 0 aliphatic heterocycles. The Labute approximate surface area is 137 Å². The van der Waals surface area contributed by atoms with E-state index in [9.17, 15) is 9.59 Å². The molecule has 0 aliphatic rings. The van der Waals surface area contributed by atoms with Crippen LogP contribution in [0.25, 0.3) is 0 Å². The Bertz CT molecular complexity index is 696. The van der Waals surface area contributed by atoms with Gasteiger partial charge in [0.2, 0.25) is 0 Å². The number of carbonyl (C=O) groups is 2. The van der Waals surface area contributed by atoms with Crippen LogP contribution >= 0.6 is 15.9 Å². The number of halogens is 1. The van der Waals surface area contributed by atoms with Crippen molar-refractivity contribution in [1.29, 1.82) is 0 Å². The summed E-state index contributed by atoms with van der Waals surface area (Å²) in [5.41, 5.74) is 2.28. The van der Waals surface area contributed by atoms with Gasteiger partial charge in [0.1, 0.15) is 5.75 Å². The number of hydrogen-bond acceptors (Lipinski definition) is 3. The molecule has 0 fully saturated rings. The molecule has 1 amide bonds. The van der Waals surface area contributed by atoms with Gasteiger partial charge in [-0.1, -0.05) is 15.9 Å². The third-order valence-corrected chi connectivity index (χ3v) is 3.96. The number of carbonyl (C=O) groups excluding carboxylic acids is 2. The lowest BCUT2D eigenvalue weighted by molar-refractivity contribution is -0.118. The summed E-state index contributed by atoms with van der Waals surface area (Å²) in [7, 11) is 0. The number of anilines is 1. The molecule has 0 aliphatic carbocycles. The van der Waals surface area contributed by atoms with E-state index in [1.165, 1.54) is 6.92 Å². The molecule has 0 saturated heterocycles. The molecule has 0 aromatic heterocycles. The fraction of sp³-hybridized carbons (Fsp3) is 0.176. The molecule has 2 rings (SSSR count). The highest BCUT2D eigenvalue weighted by atomic mass is 79.9. The molecular weight excluding hydrogens is 346 g/mol. The number of rotatable bonds is 5. The van der Waals surface area contributed by atoms with Gasteiger partial charge < -0.3 is 10.1 Å². The highest BCUT2D eigenvalue weighted by Gasteiger charge is 2.06.